The third-order valence-electron chi connectivity index (χ3n) is 7.01. The summed E-state index contributed by atoms with van der Waals surface area (Å²) in [4.78, 5) is 55.4. The molecule has 0 aliphatic carbocycles. The summed E-state index contributed by atoms with van der Waals surface area (Å²) in [6, 6.07) is 17.4. The molecule has 1 saturated heterocycles. The highest BCUT2D eigenvalue weighted by atomic mass is 35.5. The molecule has 0 radical (unpaired) electrons. The van der Waals surface area contributed by atoms with Gasteiger partial charge < -0.3 is 15.0 Å². The van der Waals surface area contributed by atoms with Gasteiger partial charge in [-0.25, -0.2) is 4.90 Å². The molecule has 0 bridgehead atoms. The first-order chi connectivity index (χ1) is 20.5. The Morgan fingerprint density at radius 2 is 1.67 bits per heavy atom. The van der Waals surface area contributed by atoms with Crippen LogP contribution in [-0.2, 0) is 20.6 Å². The second kappa shape index (κ2) is 11.2. The zero-order valence-corrected chi connectivity index (χ0v) is 24.1. The number of carbonyl (C=O) groups is 3. The number of amides is 3. The van der Waals surface area contributed by atoms with E-state index in [1.54, 1.807) is 48.5 Å². The van der Waals surface area contributed by atoms with Crippen molar-refractivity contribution in [3.63, 3.8) is 0 Å². The number of carbonyl (C=O) groups excluding carboxylic acids is 3. The van der Waals surface area contributed by atoms with E-state index in [9.17, 15) is 32.3 Å². The minimum atomic E-state index is -4.79. The minimum absolute atomic E-state index is 0.295. The molecule has 2 N–H and O–H groups in total. The number of alkyl halides is 3. The first-order valence-electron chi connectivity index (χ1n) is 12.7. The summed E-state index contributed by atoms with van der Waals surface area (Å²) in [5.41, 5.74) is -0.531. The fourth-order valence-electron chi connectivity index (χ4n) is 5.17. The average Bonchev–Trinajstić information content (AvgIpc) is 3.47. The molecule has 1 aromatic heterocycles. The molecule has 14 heteroatoms. The van der Waals surface area contributed by atoms with Crippen LogP contribution in [0, 0.1) is 5.92 Å². The Morgan fingerprint density at radius 3 is 2.37 bits per heavy atom. The molecule has 4 aromatic rings. The maximum atomic E-state index is 13.8. The Balaban J connectivity index is 1.27. The number of aromatic nitrogens is 1. The summed E-state index contributed by atoms with van der Waals surface area (Å²) in [7, 11) is 0. The molecule has 220 valence electrons. The molecule has 3 amide bonds. The highest BCUT2D eigenvalue weighted by molar-refractivity contribution is 8.00. The number of anilines is 2. The maximum Gasteiger partial charge on any atom is 0.418 e. The van der Waals surface area contributed by atoms with Crippen LogP contribution in [-0.4, -0.2) is 34.6 Å². The van der Waals surface area contributed by atoms with Gasteiger partial charge in [-0.05, 0) is 54.1 Å². The van der Waals surface area contributed by atoms with Gasteiger partial charge in [0.25, 0.3) is 5.91 Å². The first kappa shape index (κ1) is 29.0. The smallest absolute Gasteiger partial charge is 0.418 e. The minimum Gasteiger partial charge on any atom is -0.484 e. The van der Waals surface area contributed by atoms with Crippen LogP contribution in [0.4, 0.5) is 24.5 Å². The van der Waals surface area contributed by atoms with Crippen molar-refractivity contribution < 1.29 is 32.3 Å². The van der Waals surface area contributed by atoms with E-state index >= 15 is 0 Å². The highest BCUT2D eigenvalue weighted by Gasteiger charge is 2.57. The van der Waals surface area contributed by atoms with Crippen LogP contribution in [0.2, 0.25) is 5.02 Å². The molecular formula is C29H19ClF3N3O5S2. The summed E-state index contributed by atoms with van der Waals surface area (Å²) in [6.45, 7) is -0.295. The van der Waals surface area contributed by atoms with E-state index < -0.39 is 52.2 Å². The van der Waals surface area contributed by atoms with Crippen LogP contribution in [0.3, 0.4) is 0 Å². The van der Waals surface area contributed by atoms with E-state index in [1.807, 2.05) is 0 Å². The number of ether oxygens (including phenoxy) is 1. The van der Waals surface area contributed by atoms with Gasteiger partial charge in [-0.3, -0.25) is 19.2 Å². The number of nitrogens with one attached hydrogen (secondary N) is 2. The van der Waals surface area contributed by atoms with Crippen molar-refractivity contribution in [3.8, 4) is 5.75 Å². The summed E-state index contributed by atoms with van der Waals surface area (Å²) in [6.07, 6.45) is -4.79. The molecule has 0 spiro atoms. The van der Waals surface area contributed by atoms with Crippen molar-refractivity contribution in [1.29, 1.82) is 0 Å². The summed E-state index contributed by atoms with van der Waals surface area (Å²) >= 11 is 7.71. The van der Waals surface area contributed by atoms with Crippen molar-refractivity contribution in [2.75, 3.05) is 16.8 Å². The monoisotopic (exact) mass is 645 g/mol. The van der Waals surface area contributed by atoms with Crippen LogP contribution in [0.25, 0.3) is 0 Å². The van der Waals surface area contributed by atoms with Crippen molar-refractivity contribution in [3.05, 3.63) is 103 Å². The quantitative estimate of drug-likeness (QED) is 0.252. The number of rotatable bonds is 6. The van der Waals surface area contributed by atoms with Gasteiger partial charge in [0.05, 0.1) is 22.2 Å². The Morgan fingerprint density at radius 1 is 0.977 bits per heavy atom. The largest absolute Gasteiger partial charge is 0.484 e. The fourth-order valence-corrected chi connectivity index (χ4v) is 7.81. The van der Waals surface area contributed by atoms with Crippen molar-refractivity contribution >= 4 is 63.8 Å². The van der Waals surface area contributed by atoms with Crippen LogP contribution in [0.1, 0.15) is 21.9 Å². The number of para-hydroxylation sites is 1. The lowest BCUT2D eigenvalue weighted by Crippen LogP contribution is -2.33. The number of hydrogen-bond donors (Lipinski definition) is 2. The van der Waals surface area contributed by atoms with Gasteiger partial charge in [0.15, 0.2) is 6.61 Å². The molecular weight excluding hydrogens is 627 g/mol. The predicted octanol–water partition coefficient (Wildman–Crippen LogP) is 5.92. The molecule has 3 heterocycles. The number of thiazole rings is 1. The number of H-pyrrole nitrogens is 1. The molecule has 2 aliphatic rings. The van der Waals surface area contributed by atoms with Crippen LogP contribution in [0.5, 0.6) is 5.75 Å². The van der Waals surface area contributed by atoms with Gasteiger partial charge >= 0.3 is 11.0 Å². The van der Waals surface area contributed by atoms with Gasteiger partial charge in [0.1, 0.15) is 11.0 Å². The van der Waals surface area contributed by atoms with E-state index in [4.69, 9.17) is 16.3 Å². The normalized spacial score (nSPS) is 19.6. The zero-order chi connectivity index (χ0) is 30.5. The van der Waals surface area contributed by atoms with E-state index in [0.717, 1.165) is 35.2 Å². The molecule has 3 atom stereocenters. The molecule has 3 aromatic carbocycles. The number of hydrogen-bond acceptors (Lipinski definition) is 7. The lowest BCUT2D eigenvalue weighted by Gasteiger charge is -2.29. The summed E-state index contributed by atoms with van der Waals surface area (Å²) in [5.74, 6) is -3.48. The fraction of sp³-hybridized carbons (Fsp3) is 0.172. The van der Waals surface area contributed by atoms with Gasteiger partial charge in [0, 0.05) is 21.5 Å². The first-order valence-corrected chi connectivity index (χ1v) is 14.8. The molecule has 43 heavy (non-hydrogen) atoms. The predicted molar refractivity (Wildman–Crippen MR) is 156 cm³/mol. The van der Waals surface area contributed by atoms with E-state index in [2.05, 4.69) is 10.3 Å². The Bertz CT molecular complexity index is 1790. The summed E-state index contributed by atoms with van der Waals surface area (Å²) in [5, 5.41) is 2.55. The van der Waals surface area contributed by atoms with Crippen molar-refractivity contribution in [2.45, 2.75) is 22.4 Å². The lowest BCUT2D eigenvalue weighted by atomic mass is 9.83. The topological polar surface area (TPSA) is 109 Å². The van der Waals surface area contributed by atoms with Crippen LogP contribution < -0.4 is 19.8 Å². The highest BCUT2D eigenvalue weighted by Crippen LogP contribution is 2.54. The van der Waals surface area contributed by atoms with Crippen LogP contribution in [0.15, 0.2) is 82.6 Å². The van der Waals surface area contributed by atoms with Crippen molar-refractivity contribution in [2.24, 2.45) is 5.92 Å². The second-order valence-electron chi connectivity index (χ2n) is 9.69. The number of thioether (sulfide) groups is 1. The lowest BCUT2D eigenvalue weighted by molar-refractivity contribution is -0.137. The van der Waals surface area contributed by atoms with Gasteiger partial charge in [0.2, 0.25) is 11.8 Å². The Labute approximate surface area is 254 Å². The number of aromatic amines is 1. The summed E-state index contributed by atoms with van der Waals surface area (Å²) < 4.78 is 47.0. The van der Waals surface area contributed by atoms with Crippen molar-refractivity contribution in [1.82, 2.24) is 4.98 Å². The SMILES string of the molecule is O=C(COc1ccc([C@H]2c3sc(=O)[nH]c3SC3C(=O)N(c4ccccc4C(F)(F)F)C(=O)C32)cc1)Nc1ccc(Cl)cc1. The Kier molecular flexibility index (Phi) is 7.57. The third kappa shape index (κ3) is 5.55. The molecule has 8 nitrogen and oxygen atoms in total. The molecule has 6 rings (SSSR count). The van der Waals surface area contributed by atoms with E-state index in [-0.39, 0.29) is 11.5 Å². The molecule has 1 fully saturated rings. The number of halogens is 4. The number of benzene rings is 3. The van der Waals surface area contributed by atoms with Gasteiger partial charge in [-0.1, -0.05) is 59.0 Å². The van der Waals surface area contributed by atoms with Crippen LogP contribution >= 0.6 is 34.7 Å². The molecule has 0 saturated carbocycles. The van der Waals surface area contributed by atoms with Gasteiger partial charge in [-0.15, -0.1) is 0 Å². The maximum absolute atomic E-state index is 13.8. The second-order valence-corrected chi connectivity index (χ2v) is 12.3. The van der Waals surface area contributed by atoms with E-state index in [1.165, 1.54) is 12.1 Å². The number of nitrogens with zero attached hydrogens (tertiary/aromatic N) is 1. The number of imide groups is 1. The third-order valence-corrected chi connectivity index (χ3v) is 9.66. The standard InChI is InChI=1S/C29H19ClF3N3O5S2/c30-15-7-9-16(10-8-15)34-20(37)13-41-17-11-5-14(6-12-17)21-22-24(42-25-23(21)43-28(40)35-25)27(39)36(26(22)38)19-4-2-1-3-18(19)29(31,32)33/h1-12,21-22,24H,13H2,(H,34,37)(H,35,40)/t21-,22?,24?/m1/s1. The molecule has 2 aliphatic heterocycles. The average molecular weight is 646 g/mol. The number of fused-ring (bicyclic) bond motifs is 2. The van der Waals surface area contributed by atoms with E-state index in [0.29, 0.717) is 36.8 Å². The Hall–Kier alpha value is -4.07. The zero-order valence-electron chi connectivity index (χ0n) is 21.7. The van der Waals surface area contributed by atoms with Gasteiger partial charge in [-0.2, -0.15) is 13.2 Å². The molecule has 2 unspecified atom stereocenters.